The van der Waals surface area contributed by atoms with Crippen molar-refractivity contribution in [2.75, 3.05) is 12.8 Å². The summed E-state index contributed by atoms with van der Waals surface area (Å²) in [6, 6.07) is 2.52. The lowest BCUT2D eigenvalue weighted by molar-refractivity contribution is 0.277. The van der Waals surface area contributed by atoms with Crippen LogP contribution >= 0.6 is 11.3 Å². The molecular formula is C16H27NO2S2. The molecule has 1 aromatic rings. The molecule has 3 atom stereocenters. The summed E-state index contributed by atoms with van der Waals surface area (Å²) in [5.41, 5.74) is 1.41. The Bertz CT molecular complexity index is 550. The standard InChI is InChI=1S/C16H27NO2S2/c1-4-12-9-10-20-16(12)15(17-5-2)13-7-6-8-14(11-13)21(3,18)19/h9-10,13-15,17H,4-8,11H2,1-3H3. The summed E-state index contributed by atoms with van der Waals surface area (Å²) in [6.07, 6.45) is 6.23. The fraction of sp³-hybridized carbons (Fsp3) is 0.750. The number of hydrogen-bond acceptors (Lipinski definition) is 4. The van der Waals surface area contributed by atoms with Crippen molar-refractivity contribution in [3.63, 3.8) is 0 Å². The Balaban J connectivity index is 2.22. The van der Waals surface area contributed by atoms with Crippen LogP contribution in [0, 0.1) is 5.92 Å². The summed E-state index contributed by atoms with van der Waals surface area (Å²) in [5, 5.41) is 5.63. The number of thiophene rings is 1. The molecule has 1 aliphatic rings. The van der Waals surface area contributed by atoms with Gasteiger partial charge in [0.05, 0.1) is 5.25 Å². The lowest BCUT2D eigenvalue weighted by Gasteiger charge is -2.34. The molecule has 0 amide bonds. The predicted molar refractivity (Wildman–Crippen MR) is 90.7 cm³/mol. The van der Waals surface area contributed by atoms with Crippen molar-refractivity contribution in [1.29, 1.82) is 0 Å². The molecule has 3 nitrogen and oxygen atoms in total. The molecular weight excluding hydrogens is 302 g/mol. The van der Waals surface area contributed by atoms with Gasteiger partial charge in [-0.2, -0.15) is 0 Å². The third kappa shape index (κ3) is 4.08. The molecule has 0 aliphatic heterocycles. The van der Waals surface area contributed by atoms with Crippen molar-refractivity contribution in [3.05, 3.63) is 21.9 Å². The Kier molecular flexibility index (Phi) is 5.86. The van der Waals surface area contributed by atoms with Gasteiger partial charge in [-0.05, 0) is 55.2 Å². The molecule has 1 aromatic heterocycles. The van der Waals surface area contributed by atoms with E-state index < -0.39 is 9.84 Å². The van der Waals surface area contributed by atoms with Gasteiger partial charge in [0.1, 0.15) is 9.84 Å². The molecule has 0 radical (unpaired) electrons. The Morgan fingerprint density at radius 2 is 2.14 bits per heavy atom. The van der Waals surface area contributed by atoms with Crippen LogP contribution in [-0.2, 0) is 16.3 Å². The predicted octanol–water partition coefficient (Wildman–Crippen LogP) is 3.56. The summed E-state index contributed by atoms with van der Waals surface area (Å²) in [6.45, 7) is 5.24. The van der Waals surface area contributed by atoms with Gasteiger partial charge in [-0.3, -0.25) is 0 Å². The summed E-state index contributed by atoms with van der Waals surface area (Å²) in [5.74, 6) is 0.433. The number of aryl methyl sites for hydroxylation is 1. The first-order valence-electron chi connectivity index (χ1n) is 7.95. The van der Waals surface area contributed by atoms with E-state index in [-0.39, 0.29) is 5.25 Å². The average molecular weight is 330 g/mol. The van der Waals surface area contributed by atoms with Crippen LogP contribution in [0.15, 0.2) is 11.4 Å². The average Bonchev–Trinajstić information content (AvgIpc) is 2.92. The highest BCUT2D eigenvalue weighted by molar-refractivity contribution is 7.91. The molecule has 1 saturated carbocycles. The molecule has 3 unspecified atom stereocenters. The second-order valence-electron chi connectivity index (χ2n) is 6.08. The molecule has 0 saturated heterocycles. The molecule has 0 bridgehead atoms. The third-order valence-electron chi connectivity index (χ3n) is 4.61. The van der Waals surface area contributed by atoms with Crippen LogP contribution in [0.4, 0.5) is 0 Å². The fourth-order valence-electron chi connectivity index (χ4n) is 3.48. The van der Waals surface area contributed by atoms with Crippen LogP contribution in [0.2, 0.25) is 0 Å². The second-order valence-corrected chi connectivity index (χ2v) is 9.35. The molecule has 5 heteroatoms. The number of sulfone groups is 1. The molecule has 21 heavy (non-hydrogen) atoms. The van der Waals surface area contributed by atoms with E-state index in [1.54, 1.807) is 0 Å². The molecule has 0 aromatic carbocycles. The molecule has 1 fully saturated rings. The normalized spacial score (nSPS) is 24.9. The van der Waals surface area contributed by atoms with E-state index in [4.69, 9.17) is 0 Å². The molecule has 0 spiro atoms. The van der Waals surface area contributed by atoms with Gasteiger partial charge in [0.25, 0.3) is 0 Å². The van der Waals surface area contributed by atoms with Crippen LogP contribution in [0.3, 0.4) is 0 Å². The number of nitrogens with one attached hydrogen (secondary N) is 1. The van der Waals surface area contributed by atoms with E-state index in [0.29, 0.717) is 12.0 Å². The largest absolute Gasteiger partial charge is 0.309 e. The van der Waals surface area contributed by atoms with Crippen LogP contribution < -0.4 is 5.32 Å². The maximum atomic E-state index is 11.9. The Hall–Kier alpha value is -0.390. The summed E-state index contributed by atoms with van der Waals surface area (Å²) in [7, 11) is -2.92. The van der Waals surface area contributed by atoms with Gasteiger partial charge in [0.2, 0.25) is 0 Å². The zero-order valence-corrected chi connectivity index (χ0v) is 14.9. The van der Waals surface area contributed by atoms with Crippen LogP contribution in [0.25, 0.3) is 0 Å². The maximum absolute atomic E-state index is 11.9. The third-order valence-corrected chi connectivity index (χ3v) is 7.29. The van der Waals surface area contributed by atoms with Crippen molar-refractivity contribution in [1.82, 2.24) is 5.32 Å². The number of rotatable bonds is 6. The second kappa shape index (κ2) is 7.25. The topological polar surface area (TPSA) is 46.2 Å². The zero-order chi connectivity index (χ0) is 15.5. The highest BCUT2D eigenvalue weighted by Gasteiger charge is 2.34. The molecule has 1 N–H and O–H groups in total. The first-order valence-corrected chi connectivity index (χ1v) is 10.8. The van der Waals surface area contributed by atoms with E-state index in [1.807, 2.05) is 11.3 Å². The van der Waals surface area contributed by atoms with Crippen molar-refractivity contribution < 1.29 is 8.42 Å². The van der Waals surface area contributed by atoms with Crippen molar-refractivity contribution >= 4 is 21.2 Å². The van der Waals surface area contributed by atoms with E-state index in [1.165, 1.54) is 16.7 Å². The molecule has 1 aliphatic carbocycles. The van der Waals surface area contributed by atoms with E-state index in [2.05, 4.69) is 30.6 Å². The van der Waals surface area contributed by atoms with Crippen molar-refractivity contribution in [2.45, 2.75) is 57.2 Å². The summed E-state index contributed by atoms with van der Waals surface area (Å²) >= 11 is 1.81. The van der Waals surface area contributed by atoms with Gasteiger partial charge in [-0.25, -0.2) is 8.42 Å². The lowest BCUT2D eigenvalue weighted by Crippen LogP contribution is -2.35. The van der Waals surface area contributed by atoms with Crippen LogP contribution in [-0.4, -0.2) is 26.5 Å². The Labute approximate surface area is 133 Å². The highest BCUT2D eigenvalue weighted by atomic mass is 32.2. The van der Waals surface area contributed by atoms with Gasteiger partial charge in [-0.1, -0.05) is 20.3 Å². The van der Waals surface area contributed by atoms with Gasteiger partial charge in [0, 0.05) is 17.2 Å². The SMILES string of the molecule is CCNC(c1sccc1CC)C1CCCC(S(C)(=O)=O)C1. The summed E-state index contributed by atoms with van der Waals surface area (Å²) < 4.78 is 23.8. The minimum atomic E-state index is -2.92. The van der Waals surface area contributed by atoms with Gasteiger partial charge >= 0.3 is 0 Å². The Morgan fingerprint density at radius 3 is 2.76 bits per heavy atom. The van der Waals surface area contributed by atoms with Crippen LogP contribution in [0.1, 0.15) is 56.0 Å². The van der Waals surface area contributed by atoms with Gasteiger partial charge in [0.15, 0.2) is 0 Å². The molecule has 2 rings (SSSR count). The van der Waals surface area contributed by atoms with Crippen molar-refractivity contribution in [2.24, 2.45) is 5.92 Å². The first kappa shape index (κ1) is 17.0. The quantitative estimate of drug-likeness (QED) is 0.868. The van der Waals surface area contributed by atoms with Gasteiger partial charge in [-0.15, -0.1) is 11.3 Å². The summed E-state index contributed by atoms with van der Waals surface area (Å²) in [4.78, 5) is 1.42. The molecule has 1 heterocycles. The van der Waals surface area contributed by atoms with E-state index >= 15 is 0 Å². The van der Waals surface area contributed by atoms with Crippen molar-refractivity contribution in [3.8, 4) is 0 Å². The Morgan fingerprint density at radius 1 is 1.38 bits per heavy atom. The smallest absolute Gasteiger partial charge is 0.150 e. The fourth-order valence-corrected chi connectivity index (χ4v) is 5.84. The monoisotopic (exact) mass is 329 g/mol. The zero-order valence-electron chi connectivity index (χ0n) is 13.3. The van der Waals surface area contributed by atoms with E-state index in [0.717, 1.165) is 38.6 Å². The van der Waals surface area contributed by atoms with E-state index in [9.17, 15) is 8.42 Å². The maximum Gasteiger partial charge on any atom is 0.150 e. The minimum Gasteiger partial charge on any atom is -0.309 e. The molecule has 120 valence electrons. The van der Waals surface area contributed by atoms with Gasteiger partial charge < -0.3 is 5.32 Å². The number of hydrogen-bond donors (Lipinski definition) is 1. The highest BCUT2D eigenvalue weighted by Crippen LogP contribution is 2.39. The first-order chi connectivity index (χ1) is 9.97. The lowest BCUT2D eigenvalue weighted by atomic mass is 9.82. The minimum absolute atomic E-state index is 0.151. The van der Waals surface area contributed by atoms with Crippen LogP contribution in [0.5, 0.6) is 0 Å².